The highest BCUT2D eigenvalue weighted by atomic mass is 32.1. The Labute approximate surface area is 147 Å². The first-order valence-electron chi connectivity index (χ1n) is 7.35. The van der Waals surface area contributed by atoms with Crippen LogP contribution in [0.1, 0.15) is 5.56 Å². The number of thiazole rings is 1. The molecule has 25 heavy (non-hydrogen) atoms. The van der Waals surface area contributed by atoms with Gasteiger partial charge in [-0.2, -0.15) is 5.26 Å². The second-order valence-corrected chi connectivity index (χ2v) is 5.94. The van der Waals surface area contributed by atoms with Crippen molar-refractivity contribution in [1.29, 1.82) is 5.26 Å². The molecule has 1 amide bonds. The zero-order chi connectivity index (χ0) is 17.6. The molecule has 2 aromatic carbocycles. The number of anilines is 1. The number of nitrogens with one attached hydrogen (secondary N) is 1. The third kappa shape index (κ3) is 4.16. The van der Waals surface area contributed by atoms with E-state index in [-0.39, 0.29) is 11.4 Å². The van der Waals surface area contributed by atoms with Gasteiger partial charge < -0.3 is 0 Å². The van der Waals surface area contributed by atoms with Gasteiger partial charge >= 0.3 is 0 Å². The molecule has 0 atom stereocenters. The minimum absolute atomic E-state index is 0.0805. The van der Waals surface area contributed by atoms with E-state index in [2.05, 4.69) is 10.3 Å². The summed E-state index contributed by atoms with van der Waals surface area (Å²) in [5.41, 5.74) is 2.18. The van der Waals surface area contributed by atoms with E-state index in [1.54, 1.807) is 0 Å². The molecule has 0 aliphatic heterocycles. The minimum atomic E-state index is -0.555. The predicted molar refractivity (Wildman–Crippen MR) is 96.2 cm³/mol. The highest BCUT2D eigenvalue weighted by Crippen LogP contribution is 2.25. The van der Waals surface area contributed by atoms with E-state index < -0.39 is 5.91 Å². The van der Waals surface area contributed by atoms with E-state index >= 15 is 0 Å². The summed E-state index contributed by atoms with van der Waals surface area (Å²) in [7, 11) is 0. The van der Waals surface area contributed by atoms with Crippen molar-refractivity contribution in [2.45, 2.75) is 0 Å². The van der Waals surface area contributed by atoms with Gasteiger partial charge in [-0.3, -0.25) is 10.1 Å². The van der Waals surface area contributed by atoms with Crippen molar-refractivity contribution in [3.63, 3.8) is 0 Å². The maximum atomic E-state index is 12.9. The minimum Gasteiger partial charge on any atom is -0.297 e. The van der Waals surface area contributed by atoms with Crippen LogP contribution in [-0.2, 0) is 4.79 Å². The monoisotopic (exact) mass is 349 g/mol. The number of hydrogen-bond acceptors (Lipinski definition) is 4. The number of carbonyl (C=O) groups excluding carboxylic acids is 1. The molecule has 1 aromatic heterocycles. The standard InChI is InChI=1S/C19H12FN3OS/c20-16-8-6-13(7-9-16)10-15(11-21)18(24)23-19-22-17(12-25-19)14-4-2-1-3-5-14/h1-10,12H,(H,22,23,24)/b15-10-. The van der Waals surface area contributed by atoms with Crippen LogP contribution in [0.4, 0.5) is 9.52 Å². The van der Waals surface area contributed by atoms with Crippen LogP contribution in [-0.4, -0.2) is 10.9 Å². The van der Waals surface area contributed by atoms with Gasteiger partial charge in [-0.15, -0.1) is 11.3 Å². The number of amides is 1. The second kappa shape index (κ2) is 7.51. The van der Waals surface area contributed by atoms with Crippen LogP contribution in [0.2, 0.25) is 0 Å². The van der Waals surface area contributed by atoms with Crippen molar-refractivity contribution < 1.29 is 9.18 Å². The first-order chi connectivity index (χ1) is 12.2. The van der Waals surface area contributed by atoms with Crippen LogP contribution < -0.4 is 5.32 Å². The molecule has 0 fully saturated rings. The summed E-state index contributed by atoms with van der Waals surface area (Å²) in [4.78, 5) is 16.6. The Morgan fingerprint density at radius 1 is 1.16 bits per heavy atom. The Balaban J connectivity index is 1.76. The van der Waals surface area contributed by atoms with Crippen LogP contribution in [0, 0.1) is 17.1 Å². The van der Waals surface area contributed by atoms with Crippen LogP contribution in [0.25, 0.3) is 17.3 Å². The van der Waals surface area contributed by atoms with Gasteiger partial charge in [0.15, 0.2) is 5.13 Å². The molecule has 0 radical (unpaired) electrons. The van der Waals surface area contributed by atoms with Crippen molar-refractivity contribution in [2.24, 2.45) is 0 Å². The third-order valence-electron chi connectivity index (χ3n) is 3.34. The summed E-state index contributed by atoms with van der Waals surface area (Å²) in [5, 5.41) is 14.1. The summed E-state index contributed by atoms with van der Waals surface area (Å²) in [6, 6.07) is 17.0. The number of nitrogens with zero attached hydrogens (tertiary/aromatic N) is 2. The summed E-state index contributed by atoms with van der Waals surface area (Å²) in [6.45, 7) is 0. The van der Waals surface area contributed by atoms with Crippen molar-refractivity contribution in [2.75, 3.05) is 5.32 Å². The van der Waals surface area contributed by atoms with E-state index in [9.17, 15) is 14.4 Å². The first kappa shape index (κ1) is 16.6. The lowest BCUT2D eigenvalue weighted by molar-refractivity contribution is -0.112. The molecule has 1 N–H and O–H groups in total. The van der Waals surface area contributed by atoms with Gasteiger partial charge in [0.05, 0.1) is 5.69 Å². The SMILES string of the molecule is N#C/C(=C/c1ccc(F)cc1)C(=O)Nc1nc(-c2ccccc2)cs1. The zero-order valence-electron chi connectivity index (χ0n) is 12.9. The third-order valence-corrected chi connectivity index (χ3v) is 4.10. The normalized spacial score (nSPS) is 11.0. The number of carbonyl (C=O) groups is 1. The highest BCUT2D eigenvalue weighted by Gasteiger charge is 2.12. The Morgan fingerprint density at radius 3 is 2.56 bits per heavy atom. The lowest BCUT2D eigenvalue weighted by Crippen LogP contribution is -2.13. The molecule has 0 spiro atoms. The molecule has 3 aromatic rings. The molecule has 0 aliphatic rings. The van der Waals surface area contributed by atoms with Gasteiger partial charge in [0.25, 0.3) is 5.91 Å². The van der Waals surface area contributed by atoms with Gasteiger partial charge in [0.2, 0.25) is 0 Å². The fraction of sp³-hybridized carbons (Fsp3) is 0. The molecule has 6 heteroatoms. The highest BCUT2D eigenvalue weighted by molar-refractivity contribution is 7.14. The van der Waals surface area contributed by atoms with Crippen LogP contribution in [0.15, 0.2) is 65.6 Å². The summed E-state index contributed by atoms with van der Waals surface area (Å²) in [5.74, 6) is -0.933. The molecule has 0 saturated carbocycles. The van der Waals surface area contributed by atoms with Crippen molar-refractivity contribution in [3.8, 4) is 17.3 Å². The lowest BCUT2D eigenvalue weighted by atomic mass is 10.1. The summed E-state index contributed by atoms with van der Waals surface area (Å²) >= 11 is 1.28. The summed E-state index contributed by atoms with van der Waals surface area (Å²) in [6.07, 6.45) is 1.40. The van der Waals surface area contributed by atoms with E-state index in [1.165, 1.54) is 41.7 Å². The fourth-order valence-electron chi connectivity index (χ4n) is 2.11. The zero-order valence-corrected chi connectivity index (χ0v) is 13.8. The van der Waals surface area contributed by atoms with E-state index in [1.807, 2.05) is 41.8 Å². The molecule has 1 heterocycles. The van der Waals surface area contributed by atoms with E-state index in [4.69, 9.17) is 0 Å². The average molecular weight is 349 g/mol. The van der Waals surface area contributed by atoms with Gasteiger partial charge in [-0.05, 0) is 23.8 Å². The van der Waals surface area contributed by atoms with Crippen LogP contribution >= 0.6 is 11.3 Å². The first-order valence-corrected chi connectivity index (χ1v) is 8.23. The van der Waals surface area contributed by atoms with Gasteiger partial charge in [-0.1, -0.05) is 42.5 Å². The average Bonchev–Trinajstić information content (AvgIpc) is 3.10. The van der Waals surface area contributed by atoms with Crippen molar-refractivity contribution in [3.05, 3.63) is 76.9 Å². The number of halogens is 1. The number of nitriles is 1. The number of benzene rings is 2. The number of rotatable bonds is 4. The van der Waals surface area contributed by atoms with E-state index in [0.29, 0.717) is 10.7 Å². The lowest BCUT2D eigenvalue weighted by Gasteiger charge is -2.00. The van der Waals surface area contributed by atoms with Gasteiger partial charge in [0, 0.05) is 10.9 Å². The molecule has 122 valence electrons. The Bertz CT molecular complexity index is 956. The van der Waals surface area contributed by atoms with Gasteiger partial charge in [-0.25, -0.2) is 9.37 Å². The van der Waals surface area contributed by atoms with Gasteiger partial charge in [0.1, 0.15) is 17.5 Å². The molecular weight excluding hydrogens is 337 g/mol. The van der Waals surface area contributed by atoms with Crippen LogP contribution in [0.5, 0.6) is 0 Å². The molecule has 0 bridgehead atoms. The topological polar surface area (TPSA) is 65.8 Å². The molecule has 0 saturated heterocycles. The quantitative estimate of drug-likeness (QED) is 0.557. The Hall–Kier alpha value is -3.30. The molecule has 0 aliphatic carbocycles. The molecule has 4 nitrogen and oxygen atoms in total. The predicted octanol–water partition coefficient (Wildman–Crippen LogP) is 4.49. The Kier molecular flexibility index (Phi) is 4.97. The molecule has 3 rings (SSSR count). The van der Waals surface area contributed by atoms with Crippen molar-refractivity contribution >= 4 is 28.5 Å². The summed E-state index contributed by atoms with van der Waals surface area (Å²) < 4.78 is 12.9. The number of hydrogen-bond donors (Lipinski definition) is 1. The molecular formula is C19H12FN3OS. The fourth-order valence-corrected chi connectivity index (χ4v) is 2.83. The van der Waals surface area contributed by atoms with Crippen molar-refractivity contribution in [1.82, 2.24) is 4.98 Å². The largest absolute Gasteiger partial charge is 0.297 e. The molecule has 0 unspecified atom stereocenters. The van der Waals surface area contributed by atoms with Crippen LogP contribution in [0.3, 0.4) is 0 Å². The number of aromatic nitrogens is 1. The smallest absolute Gasteiger partial charge is 0.268 e. The second-order valence-electron chi connectivity index (χ2n) is 5.08. The maximum Gasteiger partial charge on any atom is 0.268 e. The van der Waals surface area contributed by atoms with E-state index in [0.717, 1.165) is 11.3 Å². The Morgan fingerprint density at radius 2 is 1.88 bits per heavy atom. The maximum absolute atomic E-state index is 12.9.